The van der Waals surface area contributed by atoms with Gasteiger partial charge in [0.1, 0.15) is 24.3 Å². The maximum atomic E-state index is 13.4. The Labute approximate surface area is 456 Å². The normalized spacial score (nSPS) is 16.4. The molecule has 4 aliphatic rings. The number of carbonyl (C=O) groups is 2. The topological polar surface area (TPSA) is 166 Å². The molecule has 3 aliphatic heterocycles. The first-order valence-electron chi connectivity index (χ1n) is 26.4. The van der Waals surface area contributed by atoms with Gasteiger partial charge in [0.15, 0.2) is 0 Å². The van der Waals surface area contributed by atoms with Gasteiger partial charge in [-0.05, 0) is 100 Å². The Kier molecular flexibility index (Phi) is 17.9. The molecule has 17 heteroatoms. The van der Waals surface area contributed by atoms with Crippen molar-refractivity contribution in [2.24, 2.45) is 5.92 Å². The highest BCUT2D eigenvalue weighted by atomic mass is 35.5. The third-order valence-electron chi connectivity index (χ3n) is 14.6. The summed E-state index contributed by atoms with van der Waals surface area (Å²) in [4.78, 5) is 64.3. The second-order valence-corrected chi connectivity index (χ2v) is 20.6. The van der Waals surface area contributed by atoms with Gasteiger partial charge >= 0.3 is 0 Å². The Bertz CT molecular complexity index is 3140. The summed E-state index contributed by atoms with van der Waals surface area (Å²) in [6, 6.07) is 18.9. The second kappa shape index (κ2) is 25.2. The van der Waals surface area contributed by atoms with Crippen LogP contribution in [0.25, 0.3) is 22.5 Å². The molecule has 4 fully saturated rings. The number of benzene rings is 2. The molecular weight excluding hydrogens is 994 g/mol. The van der Waals surface area contributed by atoms with E-state index in [0.29, 0.717) is 57.3 Å². The first-order valence-corrected chi connectivity index (χ1v) is 27.1. The lowest BCUT2D eigenvalue weighted by molar-refractivity contribution is 0.0518. The molecule has 3 N–H and O–H groups in total. The SMILES string of the molecule is CCc1ncnc(-c2ccc(C(=O)N3CCC(N4CCN(C)CC4)CC3)c(Cl)c2)c1C#Cc1ccc(NC)nc1.CCc1ncnc(-c2ccc(C(=O)N3CCN(CC4CC4)CC3)c(Cl)c2)c1C#Cc1ccc(N)nc1. The summed E-state index contributed by atoms with van der Waals surface area (Å²) in [5.74, 6) is 14.9. The molecule has 10 rings (SSSR count). The van der Waals surface area contributed by atoms with E-state index in [1.807, 2.05) is 73.2 Å². The van der Waals surface area contributed by atoms with Gasteiger partial charge in [-0.1, -0.05) is 72.9 Å². The lowest BCUT2D eigenvalue weighted by Gasteiger charge is -2.42. The number of hydrogen-bond acceptors (Lipinski definition) is 13. The number of likely N-dealkylation sites (N-methyl/N-ethyl adjacent to an activating group) is 1. The third-order valence-corrected chi connectivity index (χ3v) is 15.2. The Balaban J connectivity index is 0.000000187. The van der Waals surface area contributed by atoms with Crippen LogP contribution in [-0.4, -0.2) is 158 Å². The van der Waals surface area contributed by atoms with Crippen LogP contribution >= 0.6 is 23.2 Å². The molecule has 0 bridgehead atoms. The molecule has 2 aromatic carbocycles. The molecule has 3 saturated heterocycles. The van der Waals surface area contributed by atoms with Crippen LogP contribution in [0.3, 0.4) is 0 Å². The van der Waals surface area contributed by atoms with E-state index in [4.69, 9.17) is 28.9 Å². The molecule has 392 valence electrons. The summed E-state index contributed by atoms with van der Waals surface area (Å²) in [6.07, 6.45) is 12.6. The van der Waals surface area contributed by atoms with Gasteiger partial charge in [-0.3, -0.25) is 19.4 Å². The number of amides is 2. The van der Waals surface area contributed by atoms with Gasteiger partial charge in [0.2, 0.25) is 0 Å². The van der Waals surface area contributed by atoms with E-state index in [9.17, 15) is 9.59 Å². The van der Waals surface area contributed by atoms with Gasteiger partial charge in [0, 0.05) is 120 Å². The van der Waals surface area contributed by atoms with Gasteiger partial charge in [-0.25, -0.2) is 29.9 Å². The number of nitrogens with zero attached hydrogens (tertiary/aromatic N) is 11. The number of nitrogens with one attached hydrogen (secondary N) is 1. The number of aromatic nitrogens is 6. The second-order valence-electron chi connectivity index (χ2n) is 19.7. The monoisotopic (exact) mass is 1060 g/mol. The van der Waals surface area contributed by atoms with Crippen molar-refractivity contribution in [1.82, 2.24) is 54.4 Å². The number of piperidine rings is 1. The van der Waals surface area contributed by atoms with Gasteiger partial charge in [-0.15, -0.1) is 0 Å². The Morgan fingerprint density at radius 2 is 1.14 bits per heavy atom. The van der Waals surface area contributed by atoms with Crippen molar-refractivity contribution in [2.45, 2.75) is 58.4 Å². The Morgan fingerprint density at radius 3 is 1.61 bits per heavy atom. The molecule has 4 aromatic heterocycles. The number of anilines is 2. The van der Waals surface area contributed by atoms with Gasteiger partial charge in [0.05, 0.1) is 55.1 Å². The number of rotatable bonds is 10. The fourth-order valence-electron chi connectivity index (χ4n) is 9.88. The minimum Gasteiger partial charge on any atom is -0.384 e. The maximum absolute atomic E-state index is 13.4. The van der Waals surface area contributed by atoms with E-state index >= 15 is 0 Å². The zero-order valence-electron chi connectivity index (χ0n) is 43.8. The van der Waals surface area contributed by atoms with Crippen molar-refractivity contribution in [3.8, 4) is 46.2 Å². The zero-order valence-corrected chi connectivity index (χ0v) is 45.3. The molecule has 6 aromatic rings. The molecule has 0 radical (unpaired) electrons. The van der Waals surface area contributed by atoms with Crippen LogP contribution in [0.1, 0.15) is 93.9 Å². The predicted octanol–water partition coefficient (Wildman–Crippen LogP) is 7.95. The lowest BCUT2D eigenvalue weighted by Crippen LogP contribution is -2.53. The number of aryl methyl sites for hydroxylation is 2. The van der Waals surface area contributed by atoms with Crippen LogP contribution in [-0.2, 0) is 12.8 Å². The van der Waals surface area contributed by atoms with E-state index in [-0.39, 0.29) is 11.8 Å². The Morgan fingerprint density at radius 1 is 0.618 bits per heavy atom. The van der Waals surface area contributed by atoms with Crippen molar-refractivity contribution in [3.05, 3.63) is 141 Å². The smallest absolute Gasteiger partial charge is 0.255 e. The summed E-state index contributed by atoms with van der Waals surface area (Å²) in [5.41, 5.74) is 14.4. The van der Waals surface area contributed by atoms with E-state index in [2.05, 4.69) is 80.6 Å². The number of carbonyl (C=O) groups excluding carboxylic acids is 2. The number of likely N-dealkylation sites (tertiary alicyclic amines) is 1. The highest BCUT2D eigenvalue weighted by Gasteiger charge is 2.31. The third kappa shape index (κ3) is 13.3. The average molecular weight is 1060 g/mol. The number of halogens is 2. The van der Waals surface area contributed by atoms with Crippen molar-refractivity contribution >= 4 is 46.7 Å². The molecule has 7 heterocycles. The first kappa shape index (κ1) is 53.8. The standard InChI is InChI=1S/C31H36ClN7O.C28H29ClN6O/c1-4-28-26(8-5-22-6-10-29(33-2)34-20-22)30(36-21-35-28)23-7-9-25(27(32)19-23)31(40)39-13-11-24(12-14-39)38-17-15-37(3)16-18-38;1-2-25-23(8-5-19-6-10-26(30)31-16-19)27(33-18-32-25)21-7-9-22(24(29)15-21)28(36)35-13-11-34(12-14-35)17-20-3-4-20/h6-7,9-10,19-21,24H,4,11-18H2,1-3H3,(H,33,34);6-7,9-10,15-16,18,20H,2-4,11-14,17H2,1H3,(H2,30,31). The fourth-order valence-corrected chi connectivity index (χ4v) is 10.4. The number of pyridine rings is 2. The quantitative estimate of drug-likeness (QED) is 0.127. The fraction of sp³-hybridized carbons (Fsp3) is 0.390. The molecule has 0 atom stereocenters. The highest BCUT2D eigenvalue weighted by Crippen LogP contribution is 2.33. The van der Waals surface area contributed by atoms with Crippen LogP contribution in [0.15, 0.2) is 85.7 Å². The van der Waals surface area contributed by atoms with Crippen molar-refractivity contribution in [3.63, 3.8) is 0 Å². The van der Waals surface area contributed by atoms with Gasteiger partial charge in [0.25, 0.3) is 11.8 Å². The first-order chi connectivity index (χ1) is 37.0. The summed E-state index contributed by atoms with van der Waals surface area (Å²) < 4.78 is 0. The van der Waals surface area contributed by atoms with E-state index in [0.717, 1.165) is 141 Å². The lowest BCUT2D eigenvalue weighted by atomic mass is 9.99. The highest BCUT2D eigenvalue weighted by molar-refractivity contribution is 6.34. The largest absolute Gasteiger partial charge is 0.384 e. The number of nitrogens with two attached hydrogens (primary N) is 1. The summed E-state index contributed by atoms with van der Waals surface area (Å²) >= 11 is 13.4. The van der Waals surface area contributed by atoms with E-state index in [1.165, 1.54) is 19.2 Å². The van der Waals surface area contributed by atoms with Crippen LogP contribution in [0, 0.1) is 29.6 Å². The summed E-state index contributed by atoms with van der Waals surface area (Å²) in [6.45, 7) is 14.5. The summed E-state index contributed by atoms with van der Waals surface area (Å²) in [7, 11) is 4.01. The van der Waals surface area contributed by atoms with Gasteiger partial charge in [-0.2, -0.15) is 0 Å². The zero-order chi connectivity index (χ0) is 53.1. The van der Waals surface area contributed by atoms with Gasteiger partial charge < -0.3 is 25.8 Å². The molecule has 1 aliphatic carbocycles. The van der Waals surface area contributed by atoms with Crippen LogP contribution in [0.2, 0.25) is 10.0 Å². The number of hydrogen-bond donors (Lipinski definition) is 2. The van der Waals surface area contributed by atoms with Crippen LogP contribution in [0.4, 0.5) is 11.6 Å². The number of nitrogen functional groups attached to an aromatic ring is 1. The van der Waals surface area contributed by atoms with Crippen LogP contribution in [0.5, 0.6) is 0 Å². The van der Waals surface area contributed by atoms with E-state index < -0.39 is 0 Å². The minimum atomic E-state index is -0.0228. The number of piperazine rings is 2. The summed E-state index contributed by atoms with van der Waals surface area (Å²) in [5, 5.41) is 3.85. The maximum Gasteiger partial charge on any atom is 0.255 e. The molecule has 76 heavy (non-hydrogen) atoms. The molecule has 0 unspecified atom stereocenters. The molecule has 2 amide bonds. The molecular formula is C59H65Cl2N13O2. The average Bonchev–Trinajstić information content (AvgIpc) is 4.29. The Hall–Kier alpha value is -6.98. The minimum absolute atomic E-state index is 0.0113. The van der Waals surface area contributed by atoms with Crippen molar-refractivity contribution in [2.75, 3.05) is 97.1 Å². The molecule has 1 saturated carbocycles. The van der Waals surface area contributed by atoms with Crippen LogP contribution < -0.4 is 11.1 Å². The van der Waals surface area contributed by atoms with E-state index in [1.54, 1.807) is 36.9 Å². The van der Waals surface area contributed by atoms with Crippen molar-refractivity contribution in [1.29, 1.82) is 0 Å². The van der Waals surface area contributed by atoms with Crippen molar-refractivity contribution < 1.29 is 9.59 Å². The molecule has 15 nitrogen and oxygen atoms in total. The molecule has 0 spiro atoms. The predicted molar refractivity (Wildman–Crippen MR) is 301 cm³/mol.